The first-order chi connectivity index (χ1) is 10.5. The summed E-state index contributed by atoms with van der Waals surface area (Å²) in [6, 6.07) is 7.19. The number of hydrogen-bond donors (Lipinski definition) is 3. The van der Waals surface area contributed by atoms with Crippen molar-refractivity contribution >= 4 is 35.6 Å². The molecular weight excluding hydrogens is 318 g/mol. The summed E-state index contributed by atoms with van der Waals surface area (Å²) in [4.78, 5) is 24.0. The average molecular weight is 342 g/mol. The van der Waals surface area contributed by atoms with Gasteiger partial charge >= 0.3 is 0 Å². The van der Waals surface area contributed by atoms with Crippen LogP contribution in [0.25, 0.3) is 0 Å². The molecule has 1 fully saturated rings. The SMILES string of the molecule is COC(C)C(=O)Nc1cccc(NC(=O)C2CCC(N)C2)c1.Cl. The number of carbonyl (C=O) groups is 2. The third-order valence-electron chi connectivity index (χ3n) is 3.96. The Morgan fingerprint density at radius 2 is 1.91 bits per heavy atom. The first kappa shape index (κ1) is 19.4. The fourth-order valence-corrected chi connectivity index (χ4v) is 2.52. The minimum atomic E-state index is -0.529. The van der Waals surface area contributed by atoms with Crippen LogP contribution in [0.15, 0.2) is 24.3 Å². The third-order valence-corrected chi connectivity index (χ3v) is 3.96. The van der Waals surface area contributed by atoms with Crippen LogP contribution < -0.4 is 16.4 Å². The van der Waals surface area contributed by atoms with Crippen molar-refractivity contribution in [2.24, 2.45) is 11.7 Å². The van der Waals surface area contributed by atoms with Crippen molar-refractivity contribution in [1.82, 2.24) is 0 Å². The Kier molecular flexibility index (Phi) is 7.48. The van der Waals surface area contributed by atoms with Crippen LogP contribution in [0.1, 0.15) is 26.2 Å². The molecule has 1 aromatic rings. The van der Waals surface area contributed by atoms with Crippen molar-refractivity contribution in [3.8, 4) is 0 Å². The van der Waals surface area contributed by atoms with E-state index in [2.05, 4.69) is 10.6 Å². The van der Waals surface area contributed by atoms with Gasteiger partial charge in [0, 0.05) is 30.4 Å². The number of amides is 2. The molecule has 6 nitrogen and oxygen atoms in total. The molecule has 0 spiro atoms. The summed E-state index contributed by atoms with van der Waals surface area (Å²) in [5.74, 6) is -0.267. The second-order valence-corrected chi connectivity index (χ2v) is 5.71. The molecular formula is C16H24ClN3O3. The summed E-state index contributed by atoms with van der Waals surface area (Å²) in [5, 5.41) is 5.63. The molecule has 1 aliphatic rings. The zero-order valence-corrected chi connectivity index (χ0v) is 14.2. The molecule has 0 saturated heterocycles. The minimum absolute atomic E-state index is 0. The fourth-order valence-electron chi connectivity index (χ4n) is 2.52. The van der Waals surface area contributed by atoms with E-state index in [-0.39, 0.29) is 36.2 Å². The molecule has 1 aliphatic carbocycles. The summed E-state index contributed by atoms with van der Waals surface area (Å²) in [6.45, 7) is 1.67. The molecule has 0 aromatic heterocycles. The summed E-state index contributed by atoms with van der Waals surface area (Å²) < 4.78 is 4.96. The lowest BCUT2D eigenvalue weighted by atomic mass is 10.1. The predicted octanol–water partition coefficient (Wildman–Crippen LogP) is 2.15. The quantitative estimate of drug-likeness (QED) is 0.765. The van der Waals surface area contributed by atoms with Crippen LogP contribution in [0.5, 0.6) is 0 Å². The van der Waals surface area contributed by atoms with Gasteiger partial charge in [-0.1, -0.05) is 6.07 Å². The molecule has 23 heavy (non-hydrogen) atoms. The molecule has 128 valence electrons. The molecule has 0 aliphatic heterocycles. The summed E-state index contributed by atoms with van der Waals surface area (Å²) in [6.07, 6.45) is 1.92. The maximum absolute atomic E-state index is 12.2. The summed E-state index contributed by atoms with van der Waals surface area (Å²) >= 11 is 0. The van der Waals surface area contributed by atoms with Crippen LogP contribution in [0.3, 0.4) is 0 Å². The number of nitrogens with one attached hydrogen (secondary N) is 2. The number of hydrogen-bond acceptors (Lipinski definition) is 4. The molecule has 3 unspecified atom stereocenters. The van der Waals surface area contributed by atoms with Crippen molar-refractivity contribution in [2.45, 2.75) is 38.3 Å². The van der Waals surface area contributed by atoms with Crippen molar-refractivity contribution in [1.29, 1.82) is 0 Å². The summed E-state index contributed by atoms with van der Waals surface area (Å²) in [7, 11) is 1.48. The number of benzene rings is 1. The zero-order chi connectivity index (χ0) is 16.1. The van der Waals surface area contributed by atoms with Crippen LogP contribution in [-0.4, -0.2) is 31.1 Å². The van der Waals surface area contributed by atoms with E-state index in [4.69, 9.17) is 10.5 Å². The second-order valence-electron chi connectivity index (χ2n) is 5.71. The lowest BCUT2D eigenvalue weighted by molar-refractivity contribution is -0.124. The van der Waals surface area contributed by atoms with E-state index in [1.165, 1.54) is 7.11 Å². The molecule has 0 heterocycles. The third kappa shape index (κ3) is 5.49. The van der Waals surface area contributed by atoms with Gasteiger partial charge < -0.3 is 21.1 Å². The number of rotatable bonds is 5. The number of carbonyl (C=O) groups excluding carboxylic acids is 2. The van der Waals surface area contributed by atoms with Gasteiger partial charge in [-0.05, 0) is 44.4 Å². The van der Waals surface area contributed by atoms with Gasteiger partial charge in [0.05, 0.1) is 0 Å². The van der Waals surface area contributed by atoms with E-state index in [0.717, 1.165) is 19.3 Å². The van der Waals surface area contributed by atoms with Gasteiger partial charge in [-0.15, -0.1) is 12.4 Å². The van der Waals surface area contributed by atoms with Crippen LogP contribution in [-0.2, 0) is 14.3 Å². The van der Waals surface area contributed by atoms with Gasteiger partial charge in [-0.2, -0.15) is 0 Å². The first-order valence-electron chi connectivity index (χ1n) is 7.49. The standard InChI is InChI=1S/C16H23N3O3.ClH/c1-10(22-2)15(20)18-13-4-3-5-14(9-13)19-16(21)11-6-7-12(17)8-11;/h3-5,9-12H,6-8,17H2,1-2H3,(H,18,20)(H,19,21);1H. The van der Waals surface area contributed by atoms with E-state index in [1.54, 1.807) is 31.2 Å². The highest BCUT2D eigenvalue weighted by atomic mass is 35.5. The van der Waals surface area contributed by atoms with Crippen LogP contribution in [0.2, 0.25) is 0 Å². The Labute approximate surface area is 142 Å². The van der Waals surface area contributed by atoms with Gasteiger partial charge in [-0.3, -0.25) is 9.59 Å². The Morgan fingerprint density at radius 3 is 2.48 bits per heavy atom. The predicted molar refractivity (Wildman–Crippen MR) is 92.7 cm³/mol. The van der Waals surface area contributed by atoms with E-state index in [0.29, 0.717) is 11.4 Å². The maximum atomic E-state index is 12.2. The lowest BCUT2D eigenvalue weighted by Crippen LogP contribution is -2.26. The smallest absolute Gasteiger partial charge is 0.253 e. The van der Waals surface area contributed by atoms with Gasteiger partial charge in [0.2, 0.25) is 5.91 Å². The largest absolute Gasteiger partial charge is 0.372 e. The van der Waals surface area contributed by atoms with Gasteiger partial charge in [0.25, 0.3) is 5.91 Å². The number of halogens is 1. The normalized spacial score (nSPS) is 21.2. The molecule has 7 heteroatoms. The highest BCUT2D eigenvalue weighted by Gasteiger charge is 2.27. The lowest BCUT2D eigenvalue weighted by Gasteiger charge is -2.13. The van der Waals surface area contributed by atoms with Gasteiger partial charge in [0.1, 0.15) is 6.10 Å². The number of anilines is 2. The zero-order valence-electron chi connectivity index (χ0n) is 13.4. The Morgan fingerprint density at radius 1 is 1.26 bits per heavy atom. The molecule has 2 rings (SSSR count). The number of ether oxygens (including phenoxy) is 1. The molecule has 2 amide bonds. The first-order valence-corrected chi connectivity index (χ1v) is 7.49. The maximum Gasteiger partial charge on any atom is 0.253 e. The molecule has 1 aromatic carbocycles. The molecule has 4 N–H and O–H groups in total. The van der Waals surface area contributed by atoms with Crippen molar-refractivity contribution < 1.29 is 14.3 Å². The monoisotopic (exact) mass is 341 g/mol. The Bertz CT molecular complexity index is 553. The highest BCUT2D eigenvalue weighted by Crippen LogP contribution is 2.26. The molecule has 0 bridgehead atoms. The van der Waals surface area contributed by atoms with Crippen LogP contribution in [0, 0.1) is 5.92 Å². The second kappa shape index (κ2) is 8.86. The minimum Gasteiger partial charge on any atom is -0.372 e. The van der Waals surface area contributed by atoms with E-state index in [9.17, 15) is 9.59 Å². The number of methoxy groups -OCH3 is 1. The van der Waals surface area contributed by atoms with Gasteiger partial charge in [-0.25, -0.2) is 0 Å². The fraction of sp³-hybridized carbons (Fsp3) is 0.500. The highest BCUT2D eigenvalue weighted by molar-refractivity contribution is 5.96. The Hall–Kier alpha value is -1.63. The molecule has 3 atom stereocenters. The van der Waals surface area contributed by atoms with Crippen LogP contribution in [0.4, 0.5) is 11.4 Å². The van der Waals surface area contributed by atoms with Crippen molar-refractivity contribution in [3.63, 3.8) is 0 Å². The van der Waals surface area contributed by atoms with E-state index in [1.807, 2.05) is 0 Å². The number of nitrogens with two attached hydrogens (primary N) is 1. The molecule has 1 saturated carbocycles. The molecule has 0 radical (unpaired) electrons. The van der Waals surface area contributed by atoms with Crippen molar-refractivity contribution in [2.75, 3.05) is 17.7 Å². The van der Waals surface area contributed by atoms with Gasteiger partial charge in [0.15, 0.2) is 0 Å². The van der Waals surface area contributed by atoms with Crippen molar-refractivity contribution in [3.05, 3.63) is 24.3 Å². The average Bonchev–Trinajstić information content (AvgIpc) is 2.93. The van der Waals surface area contributed by atoms with E-state index >= 15 is 0 Å². The topological polar surface area (TPSA) is 93.5 Å². The van der Waals surface area contributed by atoms with Crippen LogP contribution >= 0.6 is 12.4 Å². The van der Waals surface area contributed by atoms with E-state index < -0.39 is 6.10 Å². The summed E-state index contributed by atoms with van der Waals surface area (Å²) in [5.41, 5.74) is 7.12. The Balaban J connectivity index is 0.00000264.